The Labute approximate surface area is 83.1 Å². The third kappa shape index (κ3) is 1.47. The molecule has 2 aliphatic carbocycles. The standard InChI is InChI=1S/C10H16O2S/c1-7(2)13-10(8(11)12)5-9(6-10)3-4-9/h7H,3-6H2,1-2H3,(H,11,12). The highest BCUT2D eigenvalue weighted by molar-refractivity contribution is 8.02. The monoisotopic (exact) mass is 200 g/mol. The molecule has 0 radical (unpaired) electrons. The molecule has 0 aliphatic heterocycles. The average molecular weight is 200 g/mol. The molecular weight excluding hydrogens is 184 g/mol. The van der Waals surface area contributed by atoms with Crippen molar-refractivity contribution in [3.63, 3.8) is 0 Å². The summed E-state index contributed by atoms with van der Waals surface area (Å²) in [6, 6.07) is 0. The predicted molar refractivity (Wildman–Crippen MR) is 54.0 cm³/mol. The zero-order valence-electron chi connectivity index (χ0n) is 8.17. The molecule has 2 nitrogen and oxygen atoms in total. The van der Waals surface area contributed by atoms with Crippen LogP contribution in [0.25, 0.3) is 0 Å². The Morgan fingerprint density at radius 2 is 1.92 bits per heavy atom. The fraction of sp³-hybridized carbons (Fsp3) is 0.900. The molecule has 0 aromatic carbocycles. The number of aliphatic carboxylic acids is 1. The summed E-state index contributed by atoms with van der Waals surface area (Å²) in [6.45, 7) is 4.15. The zero-order valence-corrected chi connectivity index (χ0v) is 8.99. The lowest BCUT2D eigenvalue weighted by Gasteiger charge is -2.45. The molecule has 74 valence electrons. The van der Waals surface area contributed by atoms with Crippen LogP contribution in [0, 0.1) is 5.41 Å². The third-order valence-corrected chi connectivity index (χ3v) is 4.52. The molecule has 0 atom stereocenters. The molecule has 2 saturated carbocycles. The molecule has 2 aliphatic rings. The molecule has 2 fully saturated rings. The predicted octanol–water partition coefficient (Wildman–Crippen LogP) is 2.53. The number of thioether (sulfide) groups is 1. The van der Waals surface area contributed by atoms with Gasteiger partial charge >= 0.3 is 5.97 Å². The highest BCUT2D eigenvalue weighted by Crippen LogP contribution is 2.69. The van der Waals surface area contributed by atoms with E-state index in [9.17, 15) is 9.90 Å². The molecule has 2 rings (SSSR count). The highest BCUT2D eigenvalue weighted by Gasteiger charge is 2.64. The molecule has 0 unspecified atom stereocenters. The van der Waals surface area contributed by atoms with Crippen molar-refractivity contribution in [2.45, 2.75) is 49.5 Å². The van der Waals surface area contributed by atoms with E-state index in [1.54, 1.807) is 11.8 Å². The summed E-state index contributed by atoms with van der Waals surface area (Å²) in [5, 5.41) is 9.60. The summed E-state index contributed by atoms with van der Waals surface area (Å²) < 4.78 is -0.426. The van der Waals surface area contributed by atoms with Crippen LogP contribution < -0.4 is 0 Å². The van der Waals surface area contributed by atoms with Crippen molar-refractivity contribution < 1.29 is 9.90 Å². The van der Waals surface area contributed by atoms with Gasteiger partial charge in [0, 0.05) is 5.25 Å². The minimum Gasteiger partial charge on any atom is -0.480 e. The maximum absolute atomic E-state index is 11.1. The van der Waals surface area contributed by atoms with Crippen molar-refractivity contribution in [2.24, 2.45) is 5.41 Å². The van der Waals surface area contributed by atoms with Crippen molar-refractivity contribution in [1.82, 2.24) is 0 Å². The van der Waals surface area contributed by atoms with Crippen LogP contribution in [-0.4, -0.2) is 21.1 Å². The second kappa shape index (κ2) is 2.66. The van der Waals surface area contributed by atoms with Crippen molar-refractivity contribution in [1.29, 1.82) is 0 Å². The highest BCUT2D eigenvalue weighted by atomic mass is 32.2. The van der Waals surface area contributed by atoms with Crippen LogP contribution in [0.2, 0.25) is 0 Å². The number of hydrogen-bond donors (Lipinski definition) is 1. The minimum atomic E-state index is -0.594. The van der Waals surface area contributed by atoms with E-state index in [0.717, 1.165) is 12.8 Å². The van der Waals surface area contributed by atoms with Gasteiger partial charge in [0.05, 0.1) is 0 Å². The van der Waals surface area contributed by atoms with Crippen LogP contribution in [0.1, 0.15) is 39.5 Å². The van der Waals surface area contributed by atoms with Crippen molar-refractivity contribution in [3.8, 4) is 0 Å². The quantitative estimate of drug-likeness (QED) is 0.760. The van der Waals surface area contributed by atoms with Crippen molar-refractivity contribution in [3.05, 3.63) is 0 Å². The molecule has 1 spiro atoms. The molecule has 1 N–H and O–H groups in total. The normalized spacial score (nSPS) is 27.3. The smallest absolute Gasteiger partial charge is 0.319 e. The lowest BCUT2D eigenvalue weighted by atomic mass is 9.71. The number of carboxylic acid groups (broad SMARTS) is 1. The van der Waals surface area contributed by atoms with Gasteiger partial charge in [-0.25, -0.2) is 0 Å². The third-order valence-electron chi connectivity index (χ3n) is 3.13. The largest absolute Gasteiger partial charge is 0.480 e. The molecule has 0 saturated heterocycles. The van der Waals surface area contributed by atoms with Gasteiger partial charge < -0.3 is 5.11 Å². The van der Waals surface area contributed by atoms with Gasteiger partial charge in [0.25, 0.3) is 0 Å². The van der Waals surface area contributed by atoms with Gasteiger partial charge in [0.2, 0.25) is 0 Å². The summed E-state index contributed by atoms with van der Waals surface area (Å²) >= 11 is 1.64. The summed E-state index contributed by atoms with van der Waals surface area (Å²) in [5.41, 5.74) is 0.472. The topological polar surface area (TPSA) is 37.3 Å². The van der Waals surface area contributed by atoms with Crippen molar-refractivity contribution >= 4 is 17.7 Å². The van der Waals surface area contributed by atoms with Gasteiger partial charge in [-0.3, -0.25) is 4.79 Å². The molecule has 0 bridgehead atoms. The zero-order chi connectivity index (χ0) is 9.69. The Morgan fingerprint density at radius 3 is 2.23 bits per heavy atom. The van der Waals surface area contributed by atoms with E-state index in [2.05, 4.69) is 13.8 Å². The van der Waals surface area contributed by atoms with E-state index in [4.69, 9.17) is 0 Å². The van der Waals surface area contributed by atoms with E-state index in [1.165, 1.54) is 12.8 Å². The maximum Gasteiger partial charge on any atom is 0.319 e. The molecular formula is C10H16O2S. The molecule has 0 heterocycles. The maximum atomic E-state index is 11.1. The first-order valence-electron chi connectivity index (χ1n) is 4.89. The van der Waals surface area contributed by atoms with E-state index >= 15 is 0 Å². The van der Waals surface area contributed by atoms with E-state index in [0.29, 0.717) is 10.7 Å². The van der Waals surface area contributed by atoms with Crippen LogP contribution in [0.4, 0.5) is 0 Å². The van der Waals surface area contributed by atoms with Crippen LogP contribution >= 0.6 is 11.8 Å². The van der Waals surface area contributed by atoms with E-state index < -0.39 is 10.7 Å². The lowest BCUT2D eigenvalue weighted by Crippen LogP contribution is -2.49. The van der Waals surface area contributed by atoms with Gasteiger partial charge in [-0.2, -0.15) is 0 Å². The van der Waals surface area contributed by atoms with Gasteiger partial charge in [-0.15, -0.1) is 11.8 Å². The second-order valence-electron chi connectivity index (χ2n) is 4.82. The van der Waals surface area contributed by atoms with Crippen LogP contribution in [0.5, 0.6) is 0 Å². The summed E-state index contributed by atoms with van der Waals surface area (Å²) in [6.07, 6.45) is 4.36. The Kier molecular flexibility index (Phi) is 1.92. The fourth-order valence-electron chi connectivity index (χ4n) is 2.43. The van der Waals surface area contributed by atoms with Crippen molar-refractivity contribution in [2.75, 3.05) is 0 Å². The minimum absolute atomic E-state index is 0.423. The fourth-order valence-corrected chi connectivity index (χ4v) is 4.21. The Bertz CT molecular complexity index is 230. The van der Waals surface area contributed by atoms with Gasteiger partial charge in [0.15, 0.2) is 0 Å². The number of carbonyl (C=O) groups is 1. The van der Waals surface area contributed by atoms with Gasteiger partial charge in [0.1, 0.15) is 4.75 Å². The number of rotatable bonds is 3. The first kappa shape index (κ1) is 9.38. The first-order valence-corrected chi connectivity index (χ1v) is 5.77. The molecule has 0 amide bonds. The Hall–Kier alpha value is -0.180. The molecule has 3 heteroatoms. The van der Waals surface area contributed by atoms with Crippen LogP contribution in [0.3, 0.4) is 0 Å². The lowest BCUT2D eigenvalue weighted by molar-refractivity contribution is -0.144. The second-order valence-corrected chi connectivity index (χ2v) is 6.78. The average Bonchev–Trinajstić information content (AvgIpc) is 2.63. The van der Waals surface area contributed by atoms with Gasteiger partial charge in [-0.05, 0) is 31.1 Å². The molecule has 0 aromatic heterocycles. The molecule has 0 aromatic rings. The van der Waals surface area contributed by atoms with Crippen LogP contribution in [-0.2, 0) is 4.79 Å². The first-order chi connectivity index (χ1) is 5.98. The Balaban J connectivity index is 2.02. The molecule has 13 heavy (non-hydrogen) atoms. The van der Waals surface area contributed by atoms with Gasteiger partial charge in [-0.1, -0.05) is 13.8 Å². The summed E-state index contributed by atoms with van der Waals surface area (Å²) in [4.78, 5) is 11.1. The summed E-state index contributed by atoms with van der Waals surface area (Å²) in [5.74, 6) is -0.594. The SMILES string of the molecule is CC(C)SC1(C(=O)O)CC2(CC2)C1. The Morgan fingerprint density at radius 1 is 1.38 bits per heavy atom. The van der Waals surface area contributed by atoms with Crippen LogP contribution in [0.15, 0.2) is 0 Å². The number of carboxylic acids is 1. The van der Waals surface area contributed by atoms with E-state index in [1.807, 2.05) is 0 Å². The van der Waals surface area contributed by atoms with E-state index in [-0.39, 0.29) is 0 Å². The number of hydrogen-bond acceptors (Lipinski definition) is 2. The summed E-state index contributed by atoms with van der Waals surface area (Å²) in [7, 11) is 0.